The van der Waals surface area contributed by atoms with Gasteiger partial charge in [0.2, 0.25) is 0 Å². The molecule has 2 rings (SSSR count). The van der Waals surface area contributed by atoms with E-state index in [1.165, 1.54) is 16.7 Å². The van der Waals surface area contributed by atoms with Crippen molar-refractivity contribution in [2.75, 3.05) is 0 Å². The van der Waals surface area contributed by atoms with Gasteiger partial charge in [-0.15, -0.1) is 0 Å². The van der Waals surface area contributed by atoms with Crippen molar-refractivity contribution >= 4 is 15.9 Å². The van der Waals surface area contributed by atoms with E-state index in [-0.39, 0.29) is 6.04 Å². The SMILES string of the molecule is Cc1ccccc1CC(NN)c1cccc(Br)c1. The van der Waals surface area contributed by atoms with Crippen LogP contribution in [0, 0.1) is 6.92 Å². The fraction of sp³-hybridized carbons (Fsp3) is 0.200. The standard InChI is InChI=1S/C15H17BrN2/c1-11-5-2-3-6-12(11)10-15(18-17)13-7-4-8-14(16)9-13/h2-9,15,18H,10,17H2,1H3. The minimum atomic E-state index is 0.128. The van der Waals surface area contributed by atoms with Gasteiger partial charge in [0.1, 0.15) is 0 Å². The molecule has 0 saturated carbocycles. The van der Waals surface area contributed by atoms with Crippen molar-refractivity contribution in [2.24, 2.45) is 5.84 Å². The Morgan fingerprint density at radius 1 is 1.17 bits per heavy atom. The Bertz CT molecular complexity index is 525. The predicted octanol–water partition coefficient (Wildman–Crippen LogP) is 3.50. The highest BCUT2D eigenvalue weighted by Gasteiger charge is 2.11. The first kappa shape index (κ1) is 13.3. The Morgan fingerprint density at radius 3 is 2.61 bits per heavy atom. The number of aryl methyl sites for hydroxylation is 1. The molecule has 2 nitrogen and oxygen atoms in total. The number of hydrogen-bond donors (Lipinski definition) is 2. The average molecular weight is 305 g/mol. The fourth-order valence-electron chi connectivity index (χ4n) is 2.06. The van der Waals surface area contributed by atoms with E-state index >= 15 is 0 Å². The molecule has 2 aromatic carbocycles. The molecule has 0 fully saturated rings. The van der Waals surface area contributed by atoms with Crippen LogP contribution in [0.3, 0.4) is 0 Å². The summed E-state index contributed by atoms with van der Waals surface area (Å²) in [5.74, 6) is 5.69. The Kier molecular flexibility index (Phi) is 4.53. The molecule has 0 bridgehead atoms. The molecule has 0 spiro atoms. The van der Waals surface area contributed by atoms with Gasteiger partial charge in [-0.3, -0.25) is 11.3 Å². The molecular formula is C15H17BrN2. The van der Waals surface area contributed by atoms with Crippen LogP contribution in [0.25, 0.3) is 0 Å². The van der Waals surface area contributed by atoms with Crippen molar-refractivity contribution in [1.82, 2.24) is 5.43 Å². The van der Waals surface area contributed by atoms with Crippen molar-refractivity contribution in [1.29, 1.82) is 0 Å². The molecule has 94 valence electrons. The van der Waals surface area contributed by atoms with Gasteiger partial charge in [-0.25, -0.2) is 0 Å². The lowest BCUT2D eigenvalue weighted by Gasteiger charge is -2.18. The Morgan fingerprint density at radius 2 is 1.94 bits per heavy atom. The number of benzene rings is 2. The second-order valence-corrected chi connectivity index (χ2v) is 5.32. The monoisotopic (exact) mass is 304 g/mol. The highest BCUT2D eigenvalue weighted by molar-refractivity contribution is 9.10. The molecular weight excluding hydrogens is 288 g/mol. The second-order valence-electron chi connectivity index (χ2n) is 4.40. The van der Waals surface area contributed by atoms with E-state index in [2.05, 4.69) is 64.7 Å². The molecule has 0 radical (unpaired) electrons. The van der Waals surface area contributed by atoms with Crippen LogP contribution < -0.4 is 11.3 Å². The molecule has 0 heterocycles. The van der Waals surface area contributed by atoms with Crippen LogP contribution in [-0.4, -0.2) is 0 Å². The van der Waals surface area contributed by atoms with E-state index < -0.39 is 0 Å². The lowest BCUT2D eigenvalue weighted by molar-refractivity contribution is 0.550. The quantitative estimate of drug-likeness (QED) is 0.670. The summed E-state index contributed by atoms with van der Waals surface area (Å²) < 4.78 is 1.07. The van der Waals surface area contributed by atoms with Gasteiger partial charge in [0, 0.05) is 4.47 Å². The van der Waals surface area contributed by atoms with Gasteiger partial charge in [-0.1, -0.05) is 52.3 Å². The summed E-state index contributed by atoms with van der Waals surface area (Å²) in [6.45, 7) is 2.13. The molecule has 0 aliphatic carbocycles. The van der Waals surface area contributed by atoms with Crippen LogP contribution in [0.4, 0.5) is 0 Å². The summed E-state index contributed by atoms with van der Waals surface area (Å²) in [6, 6.07) is 16.8. The number of hydrogen-bond acceptors (Lipinski definition) is 2. The van der Waals surface area contributed by atoms with Crippen molar-refractivity contribution in [2.45, 2.75) is 19.4 Å². The molecule has 2 aromatic rings. The minimum Gasteiger partial charge on any atom is -0.271 e. The van der Waals surface area contributed by atoms with E-state index in [0.717, 1.165) is 10.9 Å². The van der Waals surface area contributed by atoms with Crippen molar-refractivity contribution in [3.05, 3.63) is 69.7 Å². The predicted molar refractivity (Wildman–Crippen MR) is 79.1 cm³/mol. The Hall–Kier alpha value is -1.16. The van der Waals surface area contributed by atoms with E-state index in [1.54, 1.807) is 0 Å². The maximum atomic E-state index is 5.69. The molecule has 18 heavy (non-hydrogen) atoms. The summed E-state index contributed by atoms with van der Waals surface area (Å²) in [6.07, 6.45) is 0.889. The number of halogens is 1. The second kappa shape index (κ2) is 6.14. The van der Waals surface area contributed by atoms with Crippen LogP contribution in [0.5, 0.6) is 0 Å². The van der Waals surface area contributed by atoms with Crippen LogP contribution in [0.1, 0.15) is 22.7 Å². The normalized spacial score (nSPS) is 12.4. The highest BCUT2D eigenvalue weighted by atomic mass is 79.9. The lowest BCUT2D eigenvalue weighted by atomic mass is 9.97. The topological polar surface area (TPSA) is 38.0 Å². The molecule has 0 aliphatic rings. The summed E-state index contributed by atoms with van der Waals surface area (Å²) in [5.41, 5.74) is 6.71. The Labute approximate surface area is 116 Å². The molecule has 1 unspecified atom stereocenters. The van der Waals surface area contributed by atoms with E-state index in [0.29, 0.717) is 0 Å². The largest absolute Gasteiger partial charge is 0.271 e. The molecule has 3 N–H and O–H groups in total. The van der Waals surface area contributed by atoms with E-state index in [4.69, 9.17) is 5.84 Å². The molecule has 0 amide bonds. The fourth-order valence-corrected chi connectivity index (χ4v) is 2.47. The van der Waals surface area contributed by atoms with Gasteiger partial charge in [0.25, 0.3) is 0 Å². The Balaban J connectivity index is 2.23. The summed E-state index contributed by atoms with van der Waals surface area (Å²) >= 11 is 3.49. The van der Waals surface area contributed by atoms with Gasteiger partial charge in [-0.05, 0) is 42.2 Å². The minimum absolute atomic E-state index is 0.128. The molecule has 3 heteroatoms. The first-order valence-corrected chi connectivity index (χ1v) is 6.76. The third-order valence-electron chi connectivity index (χ3n) is 3.14. The maximum Gasteiger partial charge on any atom is 0.0500 e. The molecule has 0 aliphatic heterocycles. The zero-order chi connectivity index (χ0) is 13.0. The first-order valence-electron chi connectivity index (χ1n) is 5.97. The first-order chi connectivity index (χ1) is 8.70. The third kappa shape index (κ3) is 3.19. The van der Waals surface area contributed by atoms with E-state index in [9.17, 15) is 0 Å². The number of hydrazine groups is 1. The van der Waals surface area contributed by atoms with Gasteiger partial charge in [0.05, 0.1) is 6.04 Å². The molecule has 0 aromatic heterocycles. The summed E-state index contributed by atoms with van der Waals surface area (Å²) in [5, 5.41) is 0. The number of nitrogens with two attached hydrogens (primary N) is 1. The van der Waals surface area contributed by atoms with Crippen LogP contribution in [0.15, 0.2) is 53.0 Å². The van der Waals surface area contributed by atoms with Crippen LogP contribution in [-0.2, 0) is 6.42 Å². The van der Waals surface area contributed by atoms with Crippen LogP contribution >= 0.6 is 15.9 Å². The smallest absolute Gasteiger partial charge is 0.0500 e. The number of nitrogens with one attached hydrogen (secondary N) is 1. The zero-order valence-corrected chi connectivity index (χ0v) is 11.9. The van der Waals surface area contributed by atoms with Gasteiger partial charge in [0.15, 0.2) is 0 Å². The average Bonchev–Trinajstić information content (AvgIpc) is 2.38. The van der Waals surface area contributed by atoms with Gasteiger partial charge >= 0.3 is 0 Å². The van der Waals surface area contributed by atoms with Gasteiger partial charge < -0.3 is 0 Å². The lowest BCUT2D eigenvalue weighted by Crippen LogP contribution is -2.29. The van der Waals surface area contributed by atoms with E-state index in [1.807, 2.05) is 12.1 Å². The van der Waals surface area contributed by atoms with Crippen molar-refractivity contribution in [3.63, 3.8) is 0 Å². The van der Waals surface area contributed by atoms with Crippen molar-refractivity contribution in [3.8, 4) is 0 Å². The van der Waals surface area contributed by atoms with Crippen LogP contribution in [0.2, 0.25) is 0 Å². The maximum absolute atomic E-state index is 5.69. The van der Waals surface area contributed by atoms with Gasteiger partial charge in [-0.2, -0.15) is 0 Å². The highest BCUT2D eigenvalue weighted by Crippen LogP contribution is 2.22. The summed E-state index contributed by atoms with van der Waals surface area (Å²) in [4.78, 5) is 0. The number of rotatable bonds is 4. The third-order valence-corrected chi connectivity index (χ3v) is 3.63. The molecule has 1 atom stereocenters. The van der Waals surface area contributed by atoms with Crippen molar-refractivity contribution < 1.29 is 0 Å². The molecule has 0 saturated heterocycles. The summed E-state index contributed by atoms with van der Waals surface area (Å²) in [7, 11) is 0. The zero-order valence-electron chi connectivity index (χ0n) is 10.4.